The van der Waals surface area contributed by atoms with Crippen molar-refractivity contribution in [1.82, 2.24) is 0 Å². The maximum atomic E-state index is 10.1. The van der Waals surface area contributed by atoms with E-state index in [0.29, 0.717) is 0 Å². The molecular formula is C19H36O5S. The molecule has 0 amide bonds. The predicted octanol–water partition coefficient (Wildman–Crippen LogP) is 3.46. The van der Waals surface area contributed by atoms with Crippen molar-refractivity contribution in [3.05, 3.63) is 0 Å². The smallest absolute Gasteiger partial charge is 0.188 e. The van der Waals surface area contributed by atoms with Gasteiger partial charge in [0.25, 0.3) is 0 Å². The zero-order chi connectivity index (χ0) is 18.3. The van der Waals surface area contributed by atoms with Crippen molar-refractivity contribution in [3.63, 3.8) is 0 Å². The van der Waals surface area contributed by atoms with Crippen LogP contribution in [0.5, 0.6) is 0 Å². The fourth-order valence-electron chi connectivity index (χ4n) is 3.56. The van der Waals surface area contributed by atoms with E-state index in [1.165, 1.54) is 51.4 Å². The molecule has 2 aliphatic heterocycles. The van der Waals surface area contributed by atoms with E-state index in [0.717, 1.165) is 5.75 Å². The van der Waals surface area contributed by atoms with E-state index in [-0.39, 0.29) is 18.0 Å². The molecule has 2 saturated heterocycles. The normalized spacial score (nSPS) is 32.0. The van der Waals surface area contributed by atoms with Gasteiger partial charge < -0.3 is 24.4 Å². The second kappa shape index (κ2) is 10.5. The maximum Gasteiger partial charge on any atom is 0.188 e. The fraction of sp³-hybridized carbons (Fsp3) is 1.00. The van der Waals surface area contributed by atoms with E-state index < -0.39 is 24.3 Å². The average Bonchev–Trinajstić information content (AvgIpc) is 3.05. The molecule has 2 heterocycles. The van der Waals surface area contributed by atoms with Gasteiger partial charge in [0.15, 0.2) is 12.1 Å². The molecule has 5 nitrogen and oxygen atoms in total. The first-order chi connectivity index (χ1) is 12.0. The van der Waals surface area contributed by atoms with Crippen molar-refractivity contribution in [2.75, 3.05) is 12.4 Å². The molecule has 6 heteroatoms. The Balaban J connectivity index is 1.70. The number of aliphatic hydroxyl groups excluding tert-OH is 2. The molecule has 2 rings (SSSR count). The molecule has 0 radical (unpaired) electrons. The van der Waals surface area contributed by atoms with Crippen LogP contribution in [0.3, 0.4) is 0 Å². The fourth-order valence-corrected chi connectivity index (χ4v) is 5.01. The van der Waals surface area contributed by atoms with Gasteiger partial charge in [-0.1, -0.05) is 51.9 Å². The second-order valence-electron chi connectivity index (χ2n) is 7.63. The SMILES string of the molecule is CCCCCCCCCCS[C@@H]1[C@H]2OC(C)(C)O[C@H]2O[C@@H]1[C@H](O)CO. The molecule has 5 atom stereocenters. The minimum Gasteiger partial charge on any atom is -0.394 e. The van der Waals surface area contributed by atoms with Gasteiger partial charge in [-0.2, -0.15) is 11.8 Å². The first kappa shape index (κ1) is 21.5. The van der Waals surface area contributed by atoms with Crippen molar-refractivity contribution in [2.24, 2.45) is 0 Å². The van der Waals surface area contributed by atoms with Crippen LogP contribution in [0.15, 0.2) is 0 Å². The summed E-state index contributed by atoms with van der Waals surface area (Å²) in [4.78, 5) is 0. The summed E-state index contributed by atoms with van der Waals surface area (Å²) in [6.07, 6.45) is 8.46. The lowest BCUT2D eigenvalue weighted by Crippen LogP contribution is -2.40. The summed E-state index contributed by atoms with van der Waals surface area (Å²) in [6, 6.07) is 0. The number of aliphatic hydroxyl groups is 2. The summed E-state index contributed by atoms with van der Waals surface area (Å²) in [7, 11) is 0. The van der Waals surface area contributed by atoms with Gasteiger partial charge in [-0.05, 0) is 26.0 Å². The summed E-state index contributed by atoms with van der Waals surface area (Å²) in [6.45, 7) is 5.71. The minimum absolute atomic E-state index is 0.00141. The van der Waals surface area contributed by atoms with Crippen LogP contribution < -0.4 is 0 Å². The Hall–Kier alpha value is 0.150. The molecular weight excluding hydrogens is 340 g/mol. The third kappa shape index (κ3) is 6.36. The Kier molecular flexibility index (Phi) is 8.99. The standard InChI is InChI=1S/C19H36O5S/c1-4-5-6-7-8-9-10-11-12-25-17-15(14(21)13-20)22-18-16(17)23-19(2,3)24-18/h14-18,20-21H,4-13H2,1-3H3/t14-,15-,16-,17+,18-/m1/s1. The molecule has 2 N–H and O–H groups in total. The molecule has 0 aromatic carbocycles. The van der Waals surface area contributed by atoms with E-state index in [4.69, 9.17) is 14.2 Å². The van der Waals surface area contributed by atoms with E-state index in [2.05, 4.69) is 6.92 Å². The second-order valence-corrected chi connectivity index (χ2v) is 8.92. The lowest BCUT2D eigenvalue weighted by atomic mass is 10.1. The number of thioether (sulfide) groups is 1. The number of unbranched alkanes of at least 4 members (excludes halogenated alkanes) is 7. The quantitative estimate of drug-likeness (QED) is 0.509. The summed E-state index contributed by atoms with van der Waals surface area (Å²) in [5, 5.41) is 19.3. The van der Waals surface area contributed by atoms with Crippen LogP contribution in [-0.4, -0.2) is 58.2 Å². The van der Waals surface area contributed by atoms with Crippen LogP contribution >= 0.6 is 11.8 Å². The number of ether oxygens (including phenoxy) is 3. The van der Waals surface area contributed by atoms with E-state index in [1.54, 1.807) is 11.8 Å². The molecule has 148 valence electrons. The van der Waals surface area contributed by atoms with E-state index in [9.17, 15) is 10.2 Å². The summed E-state index contributed by atoms with van der Waals surface area (Å²) in [5.74, 6) is 0.367. The Labute approximate surface area is 156 Å². The number of hydrogen-bond acceptors (Lipinski definition) is 6. The molecule has 0 aliphatic carbocycles. The van der Waals surface area contributed by atoms with Crippen molar-refractivity contribution in [3.8, 4) is 0 Å². The van der Waals surface area contributed by atoms with Crippen LogP contribution in [0.25, 0.3) is 0 Å². The molecule has 0 bridgehead atoms. The molecule has 0 aromatic rings. The largest absolute Gasteiger partial charge is 0.394 e. The number of rotatable bonds is 12. The lowest BCUT2D eigenvalue weighted by molar-refractivity contribution is -0.214. The van der Waals surface area contributed by atoms with Crippen LogP contribution in [0, 0.1) is 0 Å². The van der Waals surface area contributed by atoms with Crippen molar-refractivity contribution >= 4 is 11.8 Å². The van der Waals surface area contributed by atoms with Gasteiger partial charge in [-0.15, -0.1) is 0 Å². The van der Waals surface area contributed by atoms with Gasteiger partial charge in [-0.3, -0.25) is 0 Å². The first-order valence-corrected chi connectivity index (χ1v) is 10.9. The first-order valence-electron chi connectivity index (χ1n) is 9.90. The zero-order valence-electron chi connectivity index (χ0n) is 16.0. The van der Waals surface area contributed by atoms with Gasteiger partial charge in [-0.25, -0.2) is 0 Å². The molecule has 2 aliphatic rings. The van der Waals surface area contributed by atoms with Crippen molar-refractivity contribution < 1.29 is 24.4 Å². The Morgan fingerprint density at radius 1 is 1.00 bits per heavy atom. The Morgan fingerprint density at radius 2 is 1.64 bits per heavy atom. The van der Waals surface area contributed by atoms with Gasteiger partial charge in [0.2, 0.25) is 0 Å². The highest BCUT2D eigenvalue weighted by molar-refractivity contribution is 8.00. The van der Waals surface area contributed by atoms with E-state index >= 15 is 0 Å². The van der Waals surface area contributed by atoms with Crippen LogP contribution in [0.2, 0.25) is 0 Å². The summed E-state index contributed by atoms with van der Waals surface area (Å²) in [5.41, 5.74) is 0. The highest BCUT2D eigenvalue weighted by Crippen LogP contribution is 2.43. The van der Waals surface area contributed by atoms with Gasteiger partial charge >= 0.3 is 0 Å². The topological polar surface area (TPSA) is 68.2 Å². The van der Waals surface area contributed by atoms with Gasteiger partial charge in [0.1, 0.15) is 18.3 Å². The third-order valence-corrected chi connectivity index (χ3v) is 6.35. The summed E-state index contributed by atoms with van der Waals surface area (Å²) >= 11 is 1.78. The average molecular weight is 377 g/mol. The van der Waals surface area contributed by atoms with Gasteiger partial charge in [0.05, 0.1) is 11.9 Å². The Bertz CT molecular complexity index is 379. The molecule has 0 aromatic heterocycles. The predicted molar refractivity (Wildman–Crippen MR) is 101 cm³/mol. The minimum atomic E-state index is -0.892. The summed E-state index contributed by atoms with van der Waals surface area (Å²) < 4.78 is 17.6. The highest BCUT2D eigenvalue weighted by atomic mass is 32.2. The molecule has 0 unspecified atom stereocenters. The molecule has 25 heavy (non-hydrogen) atoms. The molecule has 0 saturated carbocycles. The molecule has 2 fully saturated rings. The Morgan fingerprint density at radius 3 is 2.28 bits per heavy atom. The van der Waals surface area contributed by atoms with Crippen LogP contribution in [0.1, 0.15) is 72.1 Å². The number of hydrogen-bond donors (Lipinski definition) is 2. The third-order valence-electron chi connectivity index (χ3n) is 4.90. The zero-order valence-corrected chi connectivity index (χ0v) is 16.8. The lowest BCUT2D eigenvalue weighted by Gasteiger charge is -2.27. The van der Waals surface area contributed by atoms with E-state index in [1.807, 2.05) is 13.8 Å². The van der Waals surface area contributed by atoms with Crippen molar-refractivity contribution in [2.45, 2.75) is 108 Å². The van der Waals surface area contributed by atoms with Gasteiger partial charge in [0, 0.05) is 0 Å². The van der Waals surface area contributed by atoms with Crippen molar-refractivity contribution in [1.29, 1.82) is 0 Å². The maximum absolute atomic E-state index is 10.1. The van der Waals surface area contributed by atoms with Crippen LogP contribution in [0.4, 0.5) is 0 Å². The van der Waals surface area contributed by atoms with Crippen LogP contribution in [-0.2, 0) is 14.2 Å². The molecule has 0 spiro atoms. The monoisotopic (exact) mass is 376 g/mol. The highest BCUT2D eigenvalue weighted by Gasteiger charge is 2.56. The number of fused-ring (bicyclic) bond motifs is 1.